The Labute approximate surface area is 138 Å². The minimum Gasteiger partial charge on any atom is -0.325 e. The van der Waals surface area contributed by atoms with Crippen molar-refractivity contribution in [1.82, 2.24) is 9.55 Å². The molecule has 1 heterocycles. The van der Waals surface area contributed by atoms with E-state index in [2.05, 4.69) is 52.5 Å². The Hall–Kier alpha value is -0.190. The summed E-state index contributed by atoms with van der Waals surface area (Å²) in [6.45, 7) is 4.48. The van der Waals surface area contributed by atoms with Crippen LogP contribution in [0.5, 0.6) is 0 Å². The lowest BCUT2D eigenvalue weighted by Gasteiger charge is -2.17. The third-order valence-corrected chi connectivity index (χ3v) is 4.98. The van der Waals surface area contributed by atoms with Gasteiger partial charge in [0.25, 0.3) is 0 Å². The van der Waals surface area contributed by atoms with E-state index < -0.39 is 0 Å². The number of imidazole rings is 1. The largest absolute Gasteiger partial charge is 0.325 e. The van der Waals surface area contributed by atoms with Gasteiger partial charge in [0.2, 0.25) is 0 Å². The van der Waals surface area contributed by atoms with E-state index in [1.54, 1.807) is 0 Å². The molecule has 2 rings (SSSR count). The lowest BCUT2D eigenvalue weighted by molar-refractivity contribution is 0.528. The number of hydrogen-bond donors (Lipinski definition) is 0. The standard InChI is InChI=1S/C15H20BrClN2S/c1-3-20-9-7-11(2)19-14-5-4-12(16)10-13(14)18-15(19)6-8-17/h4-5,10-11H,3,6-9H2,1-2H3. The van der Waals surface area contributed by atoms with E-state index in [1.165, 1.54) is 17.0 Å². The second kappa shape index (κ2) is 7.71. The number of thioether (sulfide) groups is 1. The van der Waals surface area contributed by atoms with E-state index in [0.717, 1.165) is 28.7 Å². The molecule has 0 bridgehead atoms. The van der Waals surface area contributed by atoms with Crippen LogP contribution in [0.4, 0.5) is 0 Å². The van der Waals surface area contributed by atoms with Gasteiger partial charge in [-0.3, -0.25) is 0 Å². The summed E-state index contributed by atoms with van der Waals surface area (Å²) in [7, 11) is 0. The first-order chi connectivity index (χ1) is 9.67. The molecule has 2 nitrogen and oxygen atoms in total. The van der Waals surface area contributed by atoms with Crippen molar-refractivity contribution in [3.8, 4) is 0 Å². The Bertz CT molecular complexity index is 570. The fraction of sp³-hybridized carbons (Fsp3) is 0.533. The van der Waals surface area contributed by atoms with Crippen LogP contribution in [0.25, 0.3) is 11.0 Å². The lowest BCUT2D eigenvalue weighted by atomic mass is 10.2. The average Bonchev–Trinajstić information content (AvgIpc) is 2.76. The maximum Gasteiger partial charge on any atom is 0.111 e. The number of aromatic nitrogens is 2. The van der Waals surface area contributed by atoms with Crippen molar-refractivity contribution < 1.29 is 0 Å². The SMILES string of the molecule is CCSCCC(C)n1c(CCCl)nc2cc(Br)ccc21. The van der Waals surface area contributed by atoms with Crippen molar-refractivity contribution in [3.63, 3.8) is 0 Å². The van der Waals surface area contributed by atoms with E-state index in [-0.39, 0.29) is 0 Å². The maximum absolute atomic E-state index is 5.93. The van der Waals surface area contributed by atoms with Crippen molar-refractivity contribution in [1.29, 1.82) is 0 Å². The van der Waals surface area contributed by atoms with Gasteiger partial charge in [0, 0.05) is 22.8 Å². The zero-order chi connectivity index (χ0) is 14.5. The van der Waals surface area contributed by atoms with Gasteiger partial charge in [-0.15, -0.1) is 11.6 Å². The zero-order valence-corrected chi connectivity index (χ0v) is 15.1. The van der Waals surface area contributed by atoms with Crippen LogP contribution < -0.4 is 0 Å². The Morgan fingerprint density at radius 2 is 2.25 bits per heavy atom. The molecule has 0 aliphatic rings. The highest BCUT2D eigenvalue weighted by molar-refractivity contribution is 9.10. The number of rotatable bonds is 7. The molecule has 1 atom stereocenters. The van der Waals surface area contributed by atoms with Crippen molar-refractivity contribution in [2.24, 2.45) is 0 Å². The Kier molecular flexibility index (Phi) is 6.24. The van der Waals surface area contributed by atoms with Crippen LogP contribution >= 0.6 is 39.3 Å². The minimum absolute atomic E-state index is 0.457. The number of halogens is 2. The zero-order valence-electron chi connectivity index (χ0n) is 11.9. The molecule has 20 heavy (non-hydrogen) atoms. The third kappa shape index (κ3) is 3.71. The fourth-order valence-electron chi connectivity index (χ4n) is 2.40. The van der Waals surface area contributed by atoms with Crippen LogP contribution in [0.1, 0.15) is 32.1 Å². The molecule has 0 aliphatic heterocycles. The molecule has 0 spiro atoms. The predicted octanol–water partition coefficient (Wildman–Crippen LogP) is 5.28. The van der Waals surface area contributed by atoms with Crippen molar-refractivity contribution in [2.45, 2.75) is 32.7 Å². The second-order valence-electron chi connectivity index (χ2n) is 4.80. The van der Waals surface area contributed by atoms with Crippen molar-refractivity contribution in [3.05, 3.63) is 28.5 Å². The molecule has 0 radical (unpaired) electrons. The van der Waals surface area contributed by atoms with Crippen LogP contribution in [-0.2, 0) is 6.42 Å². The van der Waals surface area contributed by atoms with Gasteiger partial charge in [-0.2, -0.15) is 11.8 Å². The molecule has 0 amide bonds. The van der Waals surface area contributed by atoms with Gasteiger partial charge in [0.1, 0.15) is 5.82 Å². The molecule has 1 aromatic heterocycles. The third-order valence-electron chi connectivity index (χ3n) is 3.37. The molecule has 0 N–H and O–H groups in total. The van der Waals surface area contributed by atoms with Crippen LogP contribution in [0.3, 0.4) is 0 Å². The molecule has 0 saturated heterocycles. The molecular formula is C15H20BrClN2S. The number of benzene rings is 1. The summed E-state index contributed by atoms with van der Waals surface area (Å²) in [5.74, 6) is 4.08. The quantitative estimate of drug-likeness (QED) is 0.483. The number of aryl methyl sites for hydroxylation is 1. The molecule has 0 fully saturated rings. The lowest BCUT2D eigenvalue weighted by Crippen LogP contribution is -2.11. The highest BCUT2D eigenvalue weighted by Gasteiger charge is 2.15. The highest BCUT2D eigenvalue weighted by atomic mass is 79.9. The average molecular weight is 376 g/mol. The van der Waals surface area contributed by atoms with Crippen molar-refractivity contribution >= 4 is 50.3 Å². The normalized spacial score (nSPS) is 13.0. The fourth-order valence-corrected chi connectivity index (χ4v) is 3.72. The van der Waals surface area contributed by atoms with Gasteiger partial charge in [-0.25, -0.2) is 4.98 Å². The van der Waals surface area contributed by atoms with Crippen LogP contribution in [0.2, 0.25) is 0 Å². The maximum atomic E-state index is 5.93. The molecule has 0 aliphatic carbocycles. The summed E-state index contributed by atoms with van der Waals surface area (Å²) < 4.78 is 3.43. The van der Waals surface area contributed by atoms with E-state index in [9.17, 15) is 0 Å². The number of nitrogens with zero attached hydrogens (tertiary/aromatic N) is 2. The van der Waals surface area contributed by atoms with Gasteiger partial charge in [-0.05, 0) is 43.0 Å². The van der Waals surface area contributed by atoms with Gasteiger partial charge < -0.3 is 4.57 Å². The molecule has 1 unspecified atom stereocenters. The Morgan fingerprint density at radius 3 is 2.95 bits per heavy atom. The van der Waals surface area contributed by atoms with Gasteiger partial charge in [0.05, 0.1) is 11.0 Å². The van der Waals surface area contributed by atoms with Crippen molar-refractivity contribution in [2.75, 3.05) is 17.4 Å². The topological polar surface area (TPSA) is 17.8 Å². The number of fused-ring (bicyclic) bond motifs is 1. The van der Waals surface area contributed by atoms with Gasteiger partial charge in [-0.1, -0.05) is 22.9 Å². The molecular weight excluding hydrogens is 356 g/mol. The summed E-state index contributed by atoms with van der Waals surface area (Å²) in [4.78, 5) is 4.75. The van der Waals surface area contributed by atoms with Gasteiger partial charge in [0.15, 0.2) is 0 Å². The summed E-state index contributed by atoms with van der Waals surface area (Å²) in [6, 6.07) is 6.77. The van der Waals surface area contributed by atoms with Crippen LogP contribution in [0.15, 0.2) is 22.7 Å². The number of hydrogen-bond acceptors (Lipinski definition) is 2. The first-order valence-corrected chi connectivity index (χ1v) is 9.45. The van der Waals surface area contributed by atoms with E-state index in [0.29, 0.717) is 11.9 Å². The smallest absolute Gasteiger partial charge is 0.111 e. The van der Waals surface area contributed by atoms with Crippen LogP contribution in [-0.4, -0.2) is 26.9 Å². The van der Waals surface area contributed by atoms with E-state index >= 15 is 0 Å². The van der Waals surface area contributed by atoms with E-state index in [4.69, 9.17) is 16.6 Å². The highest BCUT2D eigenvalue weighted by Crippen LogP contribution is 2.27. The molecule has 1 aromatic carbocycles. The second-order valence-corrected chi connectivity index (χ2v) is 7.49. The van der Waals surface area contributed by atoms with Gasteiger partial charge >= 0.3 is 0 Å². The molecule has 5 heteroatoms. The molecule has 2 aromatic rings. The molecule has 110 valence electrons. The summed E-state index contributed by atoms with van der Waals surface area (Å²) >= 11 is 11.4. The monoisotopic (exact) mass is 374 g/mol. The number of alkyl halides is 1. The summed E-state index contributed by atoms with van der Waals surface area (Å²) in [6.07, 6.45) is 1.98. The summed E-state index contributed by atoms with van der Waals surface area (Å²) in [5, 5.41) is 0. The molecule has 0 saturated carbocycles. The summed E-state index contributed by atoms with van der Waals surface area (Å²) in [5.41, 5.74) is 2.26. The Morgan fingerprint density at radius 1 is 1.45 bits per heavy atom. The first-order valence-electron chi connectivity index (χ1n) is 6.97. The minimum atomic E-state index is 0.457. The Balaban J connectivity index is 2.34. The first kappa shape index (κ1) is 16.2. The van der Waals surface area contributed by atoms with E-state index in [1.807, 2.05) is 11.8 Å². The predicted molar refractivity (Wildman–Crippen MR) is 94.2 cm³/mol. The van der Waals surface area contributed by atoms with Crippen LogP contribution in [0, 0.1) is 0 Å².